The molecule has 28 heteroatoms. The van der Waals surface area contributed by atoms with Gasteiger partial charge in [-0.15, -0.1) is 6.42 Å². The van der Waals surface area contributed by atoms with Crippen LogP contribution >= 0.6 is 18.9 Å². The van der Waals surface area contributed by atoms with Gasteiger partial charge in [0.2, 0.25) is 22.5 Å². The molecule has 0 fully saturated rings. The summed E-state index contributed by atoms with van der Waals surface area (Å²) >= 11 is 1.24. The number of hydrogen-bond donors (Lipinski definition) is 5. The van der Waals surface area contributed by atoms with Crippen LogP contribution in [-0.2, 0) is 47.0 Å². The van der Waals surface area contributed by atoms with E-state index in [4.69, 9.17) is 36.4 Å². The lowest BCUT2D eigenvalue weighted by atomic mass is 9.92. The lowest BCUT2D eigenvalue weighted by Gasteiger charge is -2.28. The lowest BCUT2D eigenvalue weighted by Crippen LogP contribution is -2.39. The van der Waals surface area contributed by atoms with Crippen LogP contribution < -0.4 is 39.7 Å². The molecular formula is C37H46FN10O13PS3. The largest absolute Gasteiger partial charge is 0.481 e. The first-order valence-corrected chi connectivity index (χ1v) is 25.1. The molecule has 4 aromatic rings. The number of aromatic nitrogens is 5. The number of nitrogens with two attached hydrogens (primary N) is 1. The van der Waals surface area contributed by atoms with Crippen LogP contribution in [0.2, 0.25) is 0 Å². The highest BCUT2D eigenvalue weighted by atomic mass is 32.2. The Bertz CT molecular complexity index is 2810. The number of fused-ring (bicyclic) bond motifs is 2. The van der Waals surface area contributed by atoms with E-state index in [0.29, 0.717) is 16.2 Å². The Morgan fingerprint density at radius 1 is 1.18 bits per heavy atom. The summed E-state index contributed by atoms with van der Waals surface area (Å²) in [4.78, 5) is 60.3. The first-order chi connectivity index (χ1) is 30.3. The van der Waals surface area contributed by atoms with Crippen LogP contribution in [0.5, 0.6) is 17.5 Å². The highest BCUT2D eigenvalue weighted by Crippen LogP contribution is 2.38. The number of sulfone groups is 1. The smallest absolute Gasteiger partial charge is 0.335 e. The van der Waals surface area contributed by atoms with Crippen molar-refractivity contribution in [1.82, 2.24) is 28.6 Å². The van der Waals surface area contributed by atoms with E-state index in [1.807, 2.05) is 4.57 Å². The Labute approximate surface area is 376 Å². The standard InChI is InChI=1S/C18H17FN4O2S.C14H17N5O7S2.C5H12NO4P/c1-4-5-22-13-7-12(11(19)6-14(13)25-9-16(22)24)20-17-23-10-18(2,3)8-15(23)21-26-17;1-4-27(21,22)9-6-5-7-15-12(9)28(23,24)19-14(20)18-13-16-10(25-2)8-11(17-13)26-3;1-11(9,10)3-2-4(6)5(7)8/h1,6-7H,5,8-10H2,2-3H3;5-8H,4H2,1-3H3,(H2,16,17,18,19,20);4H,2-3,6H2,1H3,(H,7,8)(H,9,10)/b20-17-;;. The molecule has 0 saturated heterocycles. The number of terminal acetylenes is 1. The zero-order valence-electron chi connectivity index (χ0n) is 35.7. The molecule has 0 radical (unpaired) electrons. The number of halogens is 1. The minimum atomic E-state index is -4.61. The molecule has 2 aliphatic rings. The Balaban J connectivity index is 0.000000233. The van der Waals surface area contributed by atoms with Crippen molar-refractivity contribution in [3.05, 3.63) is 53.0 Å². The van der Waals surface area contributed by atoms with Gasteiger partial charge in [0.05, 0.1) is 38.3 Å². The van der Waals surface area contributed by atoms with Gasteiger partial charge >= 0.3 is 12.0 Å². The molecule has 0 bridgehead atoms. The Morgan fingerprint density at radius 3 is 2.43 bits per heavy atom. The van der Waals surface area contributed by atoms with Crippen molar-refractivity contribution in [1.29, 1.82) is 0 Å². The first-order valence-electron chi connectivity index (χ1n) is 18.9. The van der Waals surface area contributed by atoms with Gasteiger partial charge in [-0.3, -0.25) is 24.4 Å². The van der Waals surface area contributed by atoms with Crippen LogP contribution in [0, 0.1) is 23.6 Å². The Kier molecular flexibility index (Phi) is 16.9. The van der Waals surface area contributed by atoms with Crippen LogP contribution in [-0.4, -0.2) is 121 Å². The lowest BCUT2D eigenvalue weighted by molar-refractivity contribution is -0.138. The number of aliphatic carboxylic acids is 1. The van der Waals surface area contributed by atoms with Gasteiger partial charge in [0.25, 0.3) is 15.9 Å². The number of pyridine rings is 1. The van der Waals surface area contributed by atoms with E-state index in [1.54, 1.807) is 4.72 Å². The quantitative estimate of drug-likeness (QED) is 0.0946. The number of rotatable bonds is 13. The number of ether oxygens (including phenoxy) is 3. The summed E-state index contributed by atoms with van der Waals surface area (Å²) in [7, 11) is -8.95. The van der Waals surface area contributed by atoms with E-state index < -0.39 is 61.0 Å². The number of hydrogen-bond acceptors (Lipinski definition) is 18. The van der Waals surface area contributed by atoms with Gasteiger partial charge in [-0.25, -0.2) is 32.3 Å². The van der Waals surface area contributed by atoms with Crippen molar-refractivity contribution in [2.45, 2.75) is 56.1 Å². The molecule has 3 aromatic heterocycles. The van der Waals surface area contributed by atoms with Crippen LogP contribution in [0.25, 0.3) is 0 Å². The molecular weight excluding hydrogens is 939 g/mol. The molecule has 2 atom stereocenters. The van der Waals surface area contributed by atoms with E-state index in [1.165, 1.54) is 68.5 Å². The number of nitrogens with zero attached hydrogens (tertiary/aromatic N) is 7. The van der Waals surface area contributed by atoms with Crippen molar-refractivity contribution >= 4 is 74.0 Å². The highest BCUT2D eigenvalue weighted by molar-refractivity contribution is 7.93. The number of urea groups is 1. The summed E-state index contributed by atoms with van der Waals surface area (Å²) in [6.07, 6.45) is 7.31. The molecule has 6 rings (SSSR count). The molecule has 23 nitrogen and oxygen atoms in total. The predicted molar refractivity (Wildman–Crippen MR) is 233 cm³/mol. The summed E-state index contributed by atoms with van der Waals surface area (Å²) < 4.78 is 97.6. The molecule has 0 spiro atoms. The second-order valence-electron chi connectivity index (χ2n) is 14.7. The molecule has 0 aliphatic carbocycles. The molecule has 6 N–H and O–H groups in total. The van der Waals surface area contributed by atoms with E-state index >= 15 is 0 Å². The summed E-state index contributed by atoms with van der Waals surface area (Å²) in [5.41, 5.74) is 5.77. The minimum Gasteiger partial charge on any atom is -0.481 e. The fraction of sp³-hybridized carbons (Fsp3) is 0.405. The average Bonchev–Trinajstić information content (AvgIpc) is 3.75. The maximum Gasteiger partial charge on any atom is 0.335 e. The fourth-order valence-electron chi connectivity index (χ4n) is 5.68. The molecule has 2 unspecified atom stereocenters. The second-order valence-corrected chi connectivity index (χ2v) is 21.8. The third kappa shape index (κ3) is 14.0. The van der Waals surface area contributed by atoms with Crippen LogP contribution in [0.3, 0.4) is 0 Å². The molecule has 352 valence electrons. The van der Waals surface area contributed by atoms with Gasteiger partial charge in [0.1, 0.15) is 28.2 Å². The summed E-state index contributed by atoms with van der Waals surface area (Å²) in [5, 5.41) is 9.59. The molecule has 0 saturated carbocycles. The molecule has 5 heterocycles. The SMILES string of the molecule is C#CCN1C(=O)COc2cc(F)c(/N=c3\snc4n3CC(C)(C)C4)cc21.CCS(=O)(=O)c1cccnc1S(=O)(=O)NC(=O)Nc1nc(OC)cc(OC)n1.CP(=O)(O)CCC(N)C(=O)O. The third-order valence-corrected chi connectivity index (χ3v) is 13.9. The van der Waals surface area contributed by atoms with E-state index in [2.05, 4.69) is 49.4 Å². The van der Waals surface area contributed by atoms with Gasteiger partial charge in [0.15, 0.2) is 34.7 Å². The number of amides is 3. The van der Waals surface area contributed by atoms with Crippen molar-refractivity contribution in [2.24, 2.45) is 16.1 Å². The monoisotopic (exact) mass is 984 g/mol. The van der Waals surface area contributed by atoms with Gasteiger partial charge in [-0.1, -0.05) is 26.7 Å². The fourth-order valence-corrected chi connectivity index (χ4v) is 9.75. The molecule has 2 aliphatic heterocycles. The zero-order valence-corrected chi connectivity index (χ0v) is 39.1. The molecule has 65 heavy (non-hydrogen) atoms. The number of benzene rings is 1. The highest BCUT2D eigenvalue weighted by Gasteiger charge is 2.32. The third-order valence-electron chi connectivity index (χ3n) is 8.86. The number of anilines is 2. The average molecular weight is 985 g/mol. The van der Waals surface area contributed by atoms with Crippen molar-refractivity contribution in [2.75, 3.05) is 56.2 Å². The number of carbonyl (C=O) groups excluding carboxylic acids is 2. The maximum atomic E-state index is 14.5. The zero-order chi connectivity index (χ0) is 48.5. The van der Waals surface area contributed by atoms with Crippen LogP contribution in [0.15, 0.2) is 51.4 Å². The minimum absolute atomic E-state index is 0.0412. The van der Waals surface area contributed by atoms with Crippen LogP contribution in [0.4, 0.5) is 26.5 Å². The van der Waals surface area contributed by atoms with Gasteiger partial charge in [-0.2, -0.15) is 22.8 Å². The Hall–Kier alpha value is -6.04. The number of nitrogens with one attached hydrogen (secondary N) is 2. The van der Waals surface area contributed by atoms with Gasteiger partial charge in [0, 0.05) is 49.6 Å². The molecule has 1 aromatic carbocycles. The normalized spacial score (nSPS) is 15.5. The summed E-state index contributed by atoms with van der Waals surface area (Å²) in [6, 6.07) is 4.20. The van der Waals surface area contributed by atoms with E-state index in [9.17, 15) is 40.2 Å². The van der Waals surface area contributed by atoms with Crippen LogP contribution in [0.1, 0.15) is 33.0 Å². The topological polar surface area (TPSA) is 327 Å². The van der Waals surface area contributed by atoms with Crippen molar-refractivity contribution in [3.8, 4) is 29.9 Å². The number of carboxylic acids is 1. The second kappa shape index (κ2) is 21.3. The van der Waals surface area contributed by atoms with Gasteiger partial charge in [-0.05, 0) is 30.0 Å². The summed E-state index contributed by atoms with van der Waals surface area (Å²) in [6.45, 7) is 7.59. The Morgan fingerprint density at radius 2 is 1.85 bits per heavy atom. The first kappa shape index (κ1) is 51.6. The van der Waals surface area contributed by atoms with E-state index in [0.717, 1.165) is 31.1 Å². The summed E-state index contributed by atoms with van der Waals surface area (Å²) in [5.74, 6) is 1.26. The number of carboxylic acid groups (broad SMARTS) is 1. The maximum absolute atomic E-state index is 14.5. The molecule has 3 amide bonds. The van der Waals surface area contributed by atoms with Crippen molar-refractivity contribution < 1.29 is 64.4 Å². The number of carbonyl (C=O) groups is 3. The number of sulfonamides is 1. The van der Waals surface area contributed by atoms with E-state index in [-0.39, 0.29) is 66.2 Å². The van der Waals surface area contributed by atoms with Crippen molar-refractivity contribution in [3.63, 3.8) is 0 Å². The predicted octanol–water partition coefficient (Wildman–Crippen LogP) is 2.14. The van der Waals surface area contributed by atoms with Gasteiger partial charge < -0.3 is 34.5 Å². The number of methoxy groups -OCH3 is 2.